The molecule has 0 amide bonds. The first-order valence-electron chi connectivity index (χ1n) is 5.11. The van der Waals surface area contributed by atoms with Gasteiger partial charge in [-0.25, -0.2) is 0 Å². The van der Waals surface area contributed by atoms with Crippen LogP contribution in [-0.2, 0) is 0 Å². The molecule has 0 radical (unpaired) electrons. The molecule has 1 unspecified atom stereocenters. The number of hydrogen-bond donors (Lipinski definition) is 2. The van der Waals surface area contributed by atoms with E-state index in [1.807, 2.05) is 43.3 Å². The van der Waals surface area contributed by atoms with Crippen molar-refractivity contribution in [1.29, 1.82) is 0 Å². The van der Waals surface area contributed by atoms with Crippen molar-refractivity contribution in [3.63, 3.8) is 0 Å². The summed E-state index contributed by atoms with van der Waals surface area (Å²) in [7, 11) is 0. The van der Waals surface area contributed by atoms with Crippen molar-refractivity contribution < 1.29 is 5.11 Å². The first-order chi connectivity index (χ1) is 7.68. The second kappa shape index (κ2) is 4.60. The number of aliphatic hydroxyl groups excluding tert-OH is 1. The highest BCUT2D eigenvalue weighted by molar-refractivity contribution is 7.71. The summed E-state index contributed by atoms with van der Waals surface area (Å²) in [4.78, 5) is 2.92. The van der Waals surface area contributed by atoms with Gasteiger partial charge in [0.15, 0.2) is 0 Å². The van der Waals surface area contributed by atoms with Gasteiger partial charge in [-0.05, 0) is 18.6 Å². The Labute approximate surface area is 99.6 Å². The van der Waals surface area contributed by atoms with Crippen molar-refractivity contribution >= 4 is 12.2 Å². The molecule has 3 heteroatoms. The van der Waals surface area contributed by atoms with Crippen molar-refractivity contribution in [3.05, 3.63) is 63.9 Å². The Morgan fingerprint density at radius 3 is 2.50 bits per heavy atom. The van der Waals surface area contributed by atoms with E-state index < -0.39 is 6.10 Å². The van der Waals surface area contributed by atoms with E-state index in [4.69, 9.17) is 12.2 Å². The molecule has 0 aliphatic heterocycles. The maximum absolute atomic E-state index is 10.2. The SMILES string of the molecule is Cc1ccc(C(O)c2ccc[nH]c2=S)cc1. The summed E-state index contributed by atoms with van der Waals surface area (Å²) in [5.41, 5.74) is 2.77. The monoisotopic (exact) mass is 231 g/mol. The summed E-state index contributed by atoms with van der Waals surface area (Å²) in [5, 5.41) is 10.2. The minimum atomic E-state index is -0.662. The number of aliphatic hydroxyl groups is 1. The lowest BCUT2D eigenvalue weighted by molar-refractivity contribution is 0.219. The Morgan fingerprint density at radius 1 is 1.19 bits per heavy atom. The zero-order valence-electron chi connectivity index (χ0n) is 8.97. The molecule has 0 spiro atoms. The summed E-state index contributed by atoms with van der Waals surface area (Å²) in [6, 6.07) is 11.5. The molecule has 1 heterocycles. The highest BCUT2D eigenvalue weighted by Gasteiger charge is 2.11. The summed E-state index contributed by atoms with van der Waals surface area (Å²) in [6.07, 6.45) is 1.10. The molecular weight excluding hydrogens is 218 g/mol. The maximum atomic E-state index is 10.2. The number of aromatic amines is 1. The molecular formula is C13H13NOS. The van der Waals surface area contributed by atoms with E-state index in [0.29, 0.717) is 4.64 Å². The molecule has 1 atom stereocenters. The van der Waals surface area contributed by atoms with E-state index in [1.165, 1.54) is 5.56 Å². The fraction of sp³-hybridized carbons (Fsp3) is 0.154. The van der Waals surface area contributed by atoms with E-state index in [2.05, 4.69) is 4.98 Å². The van der Waals surface area contributed by atoms with Crippen LogP contribution in [-0.4, -0.2) is 10.1 Å². The molecule has 82 valence electrons. The molecule has 2 N–H and O–H groups in total. The molecule has 0 saturated heterocycles. The standard InChI is InChI=1S/C13H13NOS/c1-9-4-6-10(7-5-9)12(15)11-3-2-8-14-13(11)16/h2-8,12,15H,1H3,(H,14,16). The van der Waals surface area contributed by atoms with Crippen molar-refractivity contribution in [2.24, 2.45) is 0 Å². The predicted molar refractivity (Wildman–Crippen MR) is 66.9 cm³/mol. The molecule has 0 aliphatic rings. The average molecular weight is 231 g/mol. The molecule has 2 aromatic rings. The molecule has 2 rings (SSSR count). The number of benzene rings is 1. The lowest BCUT2D eigenvalue weighted by Crippen LogP contribution is -2.01. The Morgan fingerprint density at radius 2 is 1.88 bits per heavy atom. The molecule has 0 bridgehead atoms. The average Bonchev–Trinajstić information content (AvgIpc) is 2.30. The Bertz CT molecular complexity index is 530. The van der Waals surface area contributed by atoms with E-state index in [9.17, 15) is 5.11 Å². The van der Waals surface area contributed by atoms with Crippen LogP contribution in [0.1, 0.15) is 22.8 Å². The fourth-order valence-corrected chi connectivity index (χ4v) is 1.83. The molecule has 0 aliphatic carbocycles. The van der Waals surface area contributed by atoms with Crippen molar-refractivity contribution in [1.82, 2.24) is 4.98 Å². The van der Waals surface area contributed by atoms with E-state index in [-0.39, 0.29) is 0 Å². The number of rotatable bonds is 2. The van der Waals surface area contributed by atoms with Crippen LogP contribution in [0.25, 0.3) is 0 Å². The van der Waals surface area contributed by atoms with Gasteiger partial charge in [-0.15, -0.1) is 0 Å². The van der Waals surface area contributed by atoms with Gasteiger partial charge >= 0.3 is 0 Å². The van der Waals surface area contributed by atoms with Gasteiger partial charge in [-0.1, -0.05) is 48.1 Å². The smallest absolute Gasteiger partial charge is 0.109 e. The third-order valence-corrected chi connectivity index (χ3v) is 2.89. The fourth-order valence-electron chi connectivity index (χ4n) is 1.58. The lowest BCUT2D eigenvalue weighted by Gasteiger charge is -2.11. The lowest BCUT2D eigenvalue weighted by atomic mass is 10.0. The molecule has 2 nitrogen and oxygen atoms in total. The van der Waals surface area contributed by atoms with Gasteiger partial charge in [0.1, 0.15) is 10.7 Å². The van der Waals surface area contributed by atoms with Crippen LogP contribution in [0.3, 0.4) is 0 Å². The summed E-state index contributed by atoms with van der Waals surface area (Å²) >= 11 is 5.14. The Hall–Kier alpha value is -1.45. The minimum absolute atomic E-state index is 0.579. The second-order valence-corrected chi connectivity index (χ2v) is 4.18. The van der Waals surface area contributed by atoms with Crippen LogP contribution >= 0.6 is 12.2 Å². The van der Waals surface area contributed by atoms with Crippen LogP contribution in [0.2, 0.25) is 0 Å². The van der Waals surface area contributed by atoms with Gasteiger partial charge in [-0.3, -0.25) is 0 Å². The maximum Gasteiger partial charge on any atom is 0.109 e. The third kappa shape index (κ3) is 2.21. The number of aromatic nitrogens is 1. The molecule has 0 fully saturated rings. The molecule has 16 heavy (non-hydrogen) atoms. The zero-order chi connectivity index (χ0) is 11.5. The first-order valence-corrected chi connectivity index (χ1v) is 5.51. The van der Waals surface area contributed by atoms with Crippen molar-refractivity contribution in [2.75, 3.05) is 0 Å². The topological polar surface area (TPSA) is 36.0 Å². The number of H-pyrrole nitrogens is 1. The predicted octanol–water partition coefficient (Wildman–Crippen LogP) is 3.13. The van der Waals surface area contributed by atoms with Gasteiger partial charge in [0.2, 0.25) is 0 Å². The molecule has 1 aromatic carbocycles. The van der Waals surface area contributed by atoms with Gasteiger partial charge in [-0.2, -0.15) is 0 Å². The van der Waals surface area contributed by atoms with Gasteiger partial charge < -0.3 is 10.1 Å². The normalized spacial score (nSPS) is 12.4. The summed E-state index contributed by atoms with van der Waals surface area (Å²) in [6.45, 7) is 2.02. The summed E-state index contributed by atoms with van der Waals surface area (Å²) < 4.78 is 0.579. The van der Waals surface area contributed by atoms with Crippen LogP contribution in [0.15, 0.2) is 42.6 Å². The zero-order valence-corrected chi connectivity index (χ0v) is 9.79. The highest BCUT2D eigenvalue weighted by atomic mass is 32.1. The first kappa shape index (κ1) is 11.0. The largest absolute Gasteiger partial charge is 0.384 e. The molecule has 1 aromatic heterocycles. The second-order valence-electron chi connectivity index (χ2n) is 3.77. The minimum Gasteiger partial charge on any atom is -0.384 e. The Kier molecular flexibility index (Phi) is 3.17. The number of aryl methyl sites for hydroxylation is 1. The highest BCUT2D eigenvalue weighted by Crippen LogP contribution is 2.22. The van der Waals surface area contributed by atoms with Gasteiger partial charge in [0.05, 0.1) is 0 Å². The van der Waals surface area contributed by atoms with E-state index >= 15 is 0 Å². The van der Waals surface area contributed by atoms with Crippen LogP contribution in [0, 0.1) is 11.6 Å². The van der Waals surface area contributed by atoms with E-state index in [1.54, 1.807) is 6.20 Å². The quantitative estimate of drug-likeness (QED) is 0.779. The van der Waals surface area contributed by atoms with Crippen LogP contribution in [0.4, 0.5) is 0 Å². The van der Waals surface area contributed by atoms with Crippen molar-refractivity contribution in [2.45, 2.75) is 13.0 Å². The number of nitrogens with one attached hydrogen (secondary N) is 1. The van der Waals surface area contributed by atoms with E-state index in [0.717, 1.165) is 11.1 Å². The number of pyridine rings is 1. The summed E-state index contributed by atoms with van der Waals surface area (Å²) in [5.74, 6) is 0. The Balaban J connectivity index is 2.39. The third-order valence-electron chi connectivity index (χ3n) is 2.54. The molecule has 0 saturated carbocycles. The van der Waals surface area contributed by atoms with Crippen LogP contribution < -0.4 is 0 Å². The van der Waals surface area contributed by atoms with Crippen molar-refractivity contribution in [3.8, 4) is 0 Å². The van der Waals surface area contributed by atoms with Gasteiger partial charge in [0, 0.05) is 11.8 Å². The van der Waals surface area contributed by atoms with Gasteiger partial charge in [0.25, 0.3) is 0 Å². The van der Waals surface area contributed by atoms with Crippen LogP contribution in [0.5, 0.6) is 0 Å². The number of hydrogen-bond acceptors (Lipinski definition) is 2.